The summed E-state index contributed by atoms with van der Waals surface area (Å²) in [5.41, 5.74) is 0.673. The number of nitrogens with zero attached hydrogens (tertiary/aromatic N) is 1. The van der Waals surface area contributed by atoms with Gasteiger partial charge < -0.3 is 20.6 Å². The Kier molecular flexibility index (Phi) is 4.53. The van der Waals surface area contributed by atoms with Gasteiger partial charge in [-0.2, -0.15) is 0 Å². The molecule has 3 aliphatic rings. The van der Waals surface area contributed by atoms with Crippen molar-refractivity contribution in [2.75, 3.05) is 13.1 Å². The van der Waals surface area contributed by atoms with Crippen LogP contribution in [0.2, 0.25) is 0 Å². The maximum absolute atomic E-state index is 12.5. The summed E-state index contributed by atoms with van der Waals surface area (Å²) < 4.78 is 0. The van der Waals surface area contributed by atoms with E-state index < -0.39 is 11.4 Å². The highest BCUT2D eigenvalue weighted by Gasteiger charge is 2.55. The highest BCUT2D eigenvalue weighted by atomic mass is 16.4. The fraction of sp³-hybridized carbons (Fsp3) is 0.550. The van der Waals surface area contributed by atoms with Gasteiger partial charge in [0.1, 0.15) is 0 Å². The van der Waals surface area contributed by atoms with Crippen LogP contribution in [0.5, 0.6) is 0 Å². The Morgan fingerprint density at radius 2 is 2.04 bits per heavy atom. The van der Waals surface area contributed by atoms with Crippen molar-refractivity contribution in [3.63, 3.8) is 0 Å². The second-order valence-electron chi connectivity index (χ2n) is 8.04. The second kappa shape index (κ2) is 6.87. The van der Waals surface area contributed by atoms with Gasteiger partial charge in [-0.3, -0.25) is 9.59 Å². The summed E-state index contributed by atoms with van der Waals surface area (Å²) in [5.74, 6) is -0.814. The van der Waals surface area contributed by atoms with Crippen molar-refractivity contribution in [3.05, 3.63) is 35.4 Å². The van der Waals surface area contributed by atoms with Crippen LogP contribution in [0.4, 0.5) is 4.79 Å². The lowest BCUT2D eigenvalue weighted by molar-refractivity contribution is -0.149. The van der Waals surface area contributed by atoms with Crippen LogP contribution in [0, 0.1) is 11.3 Å². The Morgan fingerprint density at radius 1 is 1.22 bits per heavy atom. The number of rotatable bonds is 5. The first-order chi connectivity index (χ1) is 13.0. The molecule has 0 radical (unpaired) electrons. The summed E-state index contributed by atoms with van der Waals surface area (Å²) in [6.07, 6.45) is 4.51. The van der Waals surface area contributed by atoms with Crippen molar-refractivity contribution in [2.24, 2.45) is 11.3 Å². The Balaban J connectivity index is 1.34. The molecule has 4 rings (SSSR count). The normalized spacial score (nSPS) is 26.5. The number of urea groups is 1. The zero-order chi connectivity index (χ0) is 19.0. The lowest BCUT2D eigenvalue weighted by Crippen LogP contribution is -2.41. The molecule has 1 saturated heterocycles. The minimum atomic E-state index is -0.783. The maximum atomic E-state index is 12.5. The Hall–Kier alpha value is -2.57. The van der Waals surface area contributed by atoms with Crippen LogP contribution in [-0.2, 0) is 11.3 Å². The number of hydrogen-bond donors (Lipinski definition) is 3. The SMILES string of the molecule is O=C(NC1CC1)c1cccc(CNC(=O)N2C[C@@H]3CCC[C@@]3(C(=O)O)C2)c1. The van der Waals surface area contributed by atoms with Gasteiger partial charge in [-0.05, 0) is 49.3 Å². The molecule has 2 saturated carbocycles. The molecule has 2 atom stereocenters. The average molecular weight is 371 g/mol. The van der Waals surface area contributed by atoms with E-state index in [9.17, 15) is 19.5 Å². The largest absolute Gasteiger partial charge is 0.481 e. The number of benzene rings is 1. The zero-order valence-electron chi connectivity index (χ0n) is 15.2. The van der Waals surface area contributed by atoms with Gasteiger partial charge >= 0.3 is 12.0 Å². The lowest BCUT2D eigenvalue weighted by atomic mass is 9.81. The molecule has 0 unspecified atom stereocenters. The third-order valence-electron chi connectivity index (χ3n) is 6.13. The van der Waals surface area contributed by atoms with Gasteiger partial charge in [0.15, 0.2) is 0 Å². The van der Waals surface area contributed by atoms with Crippen molar-refractivity contribution in [2.45, 2.75) is 44.7 Å². The quantitative estimate of drug-likeness (QED) is 0.737. The number of likely N-dealkylation sites (tertiary alicyclic amines) is 1. The third kappa shape index (κ3) is 3.50. The second-order valence-corrected chi connectivity index (χ2v) is 8.04. The summed E-state index contributed by atoms with van der Waals surface area (Å²) in [7, 11) is 0. The summed E-state index contributed by atoms with van der Waals surface area (Å²) in [5, 5.41) is 15.5. The van der Waals surface area contributed by atoms with Crippen LogP contribution < -0.4 is 10.6 Å². The van der Waals surface area contributed by atoms with Crippen molar-refractivity contribution in [1.82, 2.24) is 15.5 Å². The predicted molar refractivity (Wildman–Crippen MR) is 98.1 cm³/mol. The fourth-order valence-corrected chi connectivity index (χ4v) is 4.40. The third-order valence-corrected chi connectivity index (χ3v) is 6.13. The molecular weight excluding hydrogens is 346 g/mol. The maximum Gasteiger partial charge on any atom is 0.317 e. The molecule has 1 aromatic carbocycles. The van der Waals surface area contributed by atoms with E-state index in [0.29, 0.717) is 31.1 Å². The van der Waals surface area contributed by atoms with Crippen LogP contribution in [-0.4, -0.2) is 47.0 Å². The monoisotopic (exact) mass is 371 g/mol. The van der Waals surface area contributed by atoms with Crippen molar-refractivity contribution in [1.29, 1.82) is 0 Å². The van der Waals surface area contributed by atoms with Gasteiger partial charge in [0.25, 0.3) is 5.91 Å². The number of carboxylic acids is 1. The molecule has 144 valence electrons. The number of carbonyl (C=O) groups is 3. The first-order valence-electron chi connectivity index (χ1n) is 9.64. The predicted octanol–water partition coefficient (Wildman–Crippen LogP) is 1.98. The van der Waals surface area contributed by atoms with E-state index in [1.165, 1.54) is 0 Å². The molecule has 3 N–H and O–H groups in total. The standard InChI is InChI=1S/C20H25N3O4/c24-17(22-16-6-7-16)14-4-1-3-13(9-14)10-21-19(27)23-11-15-5-2-8-20(15,12-23)18(25)26/h1,3-4,9,15-16H,2,5-8,10-12H2,(H,21,27)(H,22,24)(H,25,26)/t15-,20+/m0/s1. The molecule has 1 heterocycles. The molecule has 7 nitrogen and oxygen atoms in total. The summed E-state index contributed by atoms with van der Waals surface area (Å²) >= 11 is 0. The Labute approximate surface area is 158 Å². The molecule has 3 fully saturated rings. The van der Waals surface area contributed by atoms with Crippen molar-refractivity contribution < 1.29 is 19.5 Å². The van der Waals surface area contributed by atoms with Gasteiger partial charge in [-0.25, -0.2) is 4.79 Å². The first kappa shape index (κ1) is 17.8. The van der Waals surface area contributed by atoms with Crippen LogP contribution in [0.3, 0.4) is 0 Å². The number of fused-ring (bicyclic) bond motifs is 1. The Morgan fingerprint density at radius 3 is 2.74 bits per heavy atom. The number of carboxylic acid groups (broad SMARTS) is 1. The number of hydrogen-bond acceptors (Lipinski definition) is 3. The van der Waals surface area contributed by atoms with Gasteiger partial charge in [-0.15, -0.1) is 0 Å². The molecule has 0 bridgehead atoms. The van der Waals surface area contributed by atoms with E-state index in [0.717, 1.165) is 31.2 Å². The van der Waals surface area contributed by atoms with Crippen LogP contribution in [0.15, 0.2) is 24.3 Å². The topological polar surface area (TPSA) is 98.7 Å². The zero-order valence-corrected chi connectivity index (χ0v) is 15.2. The molecule has 27 heavy (non-hydrogen) atoms. The van der Waals surface area contributed by atoms with Crippen LogP contribution >= 0.6 is 0 Å². The van der Waals surface area contributed by atoms with Crippen LogP contribution in [0.1, 0.15) is 48.0 Å². The molecule has 0 aromatic heterocycles. The molecule has 1 aromatic rings. The average Bonchev–Trinajstić information content (AvgIpc) is 3.24. The van der Waals surface area contributed by atoms with Gasteiger partial charge in [0.05, 0.1) is 5.41 Å². The fourth-order valence-electron chi connectivity index (χ4n) is 4.40. The van der Waals surface area contributed by atoms with Gasteiger partial charge in [0.2, 0.25) is 0 Å². The molecular formula is C20H25N3O4. The Bertz CT molecular complexity index is 776. The van der Waals surface area contributed by atoms with E-state index in [-0.39, 0.29) is 24.4 Å². The number of amides is 3. The summed E-state index contributed by atoms with van der Waals surface area (Å²) in [6.45, 7) is 1.09. The van der Waals surface area contributed by atoms with Gasteiger partial charge in [0, 0.05) is 31.2 Å². The summed E-state index contributed by atoms with van der Waals surface area (Å²) in [6, 6.07) is 7.29. The van der Waals surface area contributed by atoms with E-state index in [4.69, 9.17) is 0 Å². The van der Waals surface area contributed by atoms with Crippen LogP contribution in [0.25, 0.3) is 0 Å². The van der Waals surface area contributed by atoms with E-state index in [1.54, 1.807) is 17.0 Å². The highest BCUT2D eigenvalue weighted by Crippen LogP contribution is 2.48. The van der Waals surface area contributed by atoms with Gasteiger partial charge in [-0.1, -0.05) is 18.6 Å². The van der Waals surface area contributed by atoms with Crippen molar-refractivity contribution >= 4 is 17.9 Å². The molecule has 7 heteroatoms. The minimum absolute atomic E-state index is 0.0511. The minimum Gasteiger partial charge on any atom is -0.481 e. The number of aliphatic carboxylic acids is 1. The molecule has 2 aliphatic carbocycles. The van der Waals surface area contributed by atoms with E-state index in [2.05, 4.69) is 10.6 Å². The van der Waals surface area contributed by atoms with Crippen molar-refractivity contribution in [3.8, 4) is 0 Å². The number of nitrogens with one attached hydrogen (secondary N) is 2. The summed E-state index contributed by atoms with van der Waals surface area (Å²) in [4.78, 5) is 38.0. The number of carbonyl (C=O) groups excluding carboxylic acids is 2. The first-order valence-corrected chi connectivity index (χ1v) is 9.64. The molecule has 1 aliphatic heterocycles. The molecule has 0 spiro atoms. The van der Waals surface area contributed by atoms with E-state index >= 15 is 0 Å². The van der Waals surface area contributed by atoms with E-state index in [1.807, 2.05) is 12.1 Å². The molecule has 3 amide bonds. The lowest BCUT2D eigenvalue weighted by Gasteiger charge is -2.23. The highest BCUT2D eigenvalue weighted by molar-refractivity contribution is 5.94. The smallest absolute Gasteiger partial charge is 0.317 e.